The van der Waals surface area contributed by atoms with Crippen molar-refractivity contribution in [3.63, 3.8) is 0 Å². The molecule has 0 fully saturated rings. The Labute approximate surface area is 196 Å². The molecule has 0 saturated heterocycles. The van der Waals surface area contributed by atoms with E-state index in [0.717, 1.165) is 17.5 Å². The molecule has 0 N–H and O–H groups in total. The minimum Gasteiger partial charge on any atom is -0.419 e. The Hall–Kier alpha value is -4.33. The summed E-state index contributed by atoms with van der Waals surface area (Å²) >= 11 is 0. The number of nitrogens with zero attached hydrogens (tertiary/aromatic N) is 5. The number of amides is 1. The van der Waals surface area contributed by atoms with Gasteiger partial charge in [0.25, 0.3) is 11.6 Å². The number of fused-ring (bicyclic) bond motifs is 1. The molecule has 5 rings (SSSR count). The van der Waals surface area contributed by atoms with Crippen molar-refractivity contribution in [1.29, 1.82) is 0 Å². The highest BCUT2D eigenvalue weighted by Crippen LogP contribution is 2.31. The van der Waals surface area contributed by atoms with Gasteiger partial charge in [-0.2, -0.15) is 0 Å². The monoisotopic (exact) mass is 453 g/mol. The van der Waals surface area contributed by atoms with E-state index >= 15 is 0 Å². The summed E-state index contributed by atoms with van der Waals surface area (Å²) < 4.78 is 11.4. The average molecular weight is 454 g/mol. The van der Waals surface area contributed by atoms with Crippen molar-refractivity contribution in [2.75, 3.05) is 6.54 Å². The van der Waals surface area contributed by atoms with Crippen LogP contribution in [0.2, 0.25) is 0 Å². The molecule has 3 aromatic heterocycles. The van der Waals surface area contributed by atoms with Gasteiger partial charge >= 0.3 is 0 Å². The molecular formula is C26H23N5O3. The minimum absolute atomic E-state index is 0.169. The van der Waals surface area contributed by atoms with Gasteiger partial charge < -0.3 is 13.8 Å². The molecule has 2 aromatic carbocycles. The summed E-state index contributed by atoms with van der Waals surface area (Å²) in [4.78, 5) is 20.0. The quantitative estimate of drug-likeness (QED) is 0.330. The molecule has 0 bridgehead atoms. The van der Waals surface area contributed by atoms with Crippen LogP contribution in [0.4, 0.5) is 0 Å². The van der Waals surface area contributed by atoms with Crippen LogP contribution >= 0.6 is 0 Å². The molecule has 0 atom stereocenters. The second-order valence-corrected chi connectivity index (χ2v) is 7.98. The molecule has 1 amide bonds. The van der Waals surface area contributed by atoms with Gasteiger partial charge in [0.1, 0.15) is 5.69 Å². The molecule has 0 aliphatic rings. The van der Waals surface area contributed by atoms with E-state index in [1.54, 1.807) is 11.0 Å². The molecular weight excluding hydrogens is 430 g/mol. The standard InChI is InChI=1S/C26H23N5O3/c1-3-14-31(16-21-28-29-24(33-21)19-12-8-5-9-13-19)26(32)20-15-17(2)27-25-22(20)23(30-34-25)18-10-6-4-7-11-18/h4-13,15H,3,14,16H2,1-2H3. The molecule has 0 saturated carbocycles. The summed E-state index contributed by atoms with van der Waals surface area (Å²) in [7, 11) is 0. The lowest BCUT2D eigenvalue weighted by molar-refractivity contribution is 0.0730. The van der Waals surface area contributed by atoms with Gasteiger partial charge in [-0.25, -0.2) is 4.98 Å². The van der Waals surface area contributed by atoms with E-state index in [9.17, 15) is 4.79 Å². The van der Waals surface area contributed by atoms with E-state index in [0.29, 0.717) is 46.4 Å². The highest BCUT2D eigenvalue weighted by Gasteiger charge is 2.25. The fourth-order valence-electron chi connectivity index (χ4n) is 3.91. The van der Waals surface area contributed by atoms with Crippen LogP contribution in [0.1, 0.15) is 35.3 Å². The first kappa shape index (κ1) is 21.5. The third kappa shape index (κ3) is 4.17. The number of carbonyl (C=O) groups is 1. The topological polar surface area (TPSA) is 98.2 Å². The Morgan fingerprint density at radius 3 is 2.38 bits per heavy atom. The Morgan fingerprint density at radius 1 is 0.971 bits per heavy atom. The lowest BCUT2D eigenvalue weighted by Gasteiger charge is -2.21. The molecule has 8 nitrogen and oxygen atoms in total. The van der Waals surface area contributed by atoms with Gasteiger partial charge in [0.2, 0.25) is 11.8 Å². The Kier molecular flexibility index (Phi) is 5.86. The number of hydrogen-bond acceptors (Lipinski definition) is 7. The molecule has 0 spiro atoms. The zero-order valence-electron chi connectivity index (χ0n) is 18.9. The van der Waals surface area contributed by atoms with Crippen LogP contribution in [-0.4, -0.2) is 37.7 Å². The van der Waals surface area contributed by atoms with Crippen LogP contribution in [0.25, 0.3) is 33.8 Å². The fourth-order valence-corrected chi connectivity index (χ4v) is 3.91. The zero-order valence-corrected chi connectivity index (χ0v) is 18.9. The second kappa shape index (κ2) is 9.27. The van der Waals surface area contributed by atoms with E-state index in [-0.39, 0.29) is 12.5 Å². The van der Waals surface area contributed by atoms with Gasteiger partial charge in [0, 0.05) is 23.4 Å². The summed E-state index contributed by atoms with van der Waals surface area (Å²) in [5.41, 5.74) is 3.77. The lowest BCUT2D eigenvalue weighted by atomic mass is 10.0. The molecule has 5 aromatic rings. The van der Waals surface area contributed by atoms with Crippen LogP contribution in [0.3, 0.4) is 0 Å². The van der Waals surface area contributed by atoms with Crippen molar-refractivity contribution in [3.8, 4) is 22.7 Å². The molecule has 3 heterocycles. The van der Waals surface area contributed by atoms with E-state index in [4.69, 9.17) is 8.94 Å². The number of pyridine rings is 1. The highest BCUT2D eigenvalue weighted by molar-refractivity contribution is 6.09. The number of benzene rings is 2. The first-order valence-corrected chi connectivity index (χ1v) is 11.1. The van der Waals surface area contributed by atoms with E-state index < -0.39 is 0 Å². The maximum Gasteiger partial charge on any atom is 0.259 e. The molecule has 0 aliphatic carbocycles. The van der Waals surface area contributed by atoms with Crippen LogP contribution in [0.5, 0.6) is 0 Å². The predicted octanol–water partition coefficient (Wildman–Crippen LogP) is 5.30. The number of aryl methyl sites for hydroxylation is 1. The third-order valence-corrected chi connectivity index (χ3v) is 5.45. The number of aromatic nitrogens is 4. The molecule has 170 valence electrons. The highest BCUT2D eigenvalue weighted by atomic mass is 16.5. The van der Waals surface area contributed by atoms with Gasteiger partial charge in [-0.05, 0) is 31.5 Å². The summed E-state index contributed by atoms with van der Waals surface area (Å²) in [5.74, 6) is 0.625. The SMILES string of the molecule is CCCN(Cc1nnc(-c2ccccc2)o1)C(=O)c1cc(C)nc2onc(-c3ccccc3)c12. The predicted molar refractivity (Wildman–Crippen MR) is 127 cm³/mol. The van der Waals surface area contributed by atoms with Gasteiger partial charge in [-0.15, -0.1) is 10.2 Å². The second-order valence-electron chi connectivity index (χ2n) is 7.98. The maximum absolute atomic E-state index is 13.8. The van der Waals surface area contributed by atoms with E-state index in [1.807, 2.05) is 74.5 Å². The normalized spacial score (nSPS) is 11.1. The van der Waals surface area contributed by atoms with Gasteiger partial charge in [-0.3, -0.25) is 4.79 Å². The van der Waals surface area contributed by atoms with Crippen LogP contribution in [0.15, 0.2) is 75.7 Å². The Balaban J connectivity index is 1.51. The summed E-state index contributed by atoms with van der Waals surface area (Å²) in [6.45, 7) is 4.57. The molecule has 0 unspecified atom stereocenters. The Bertz CT molecular complexity index is 1430. The van der Waals surface area contributed by atoms with Crippen molar-refractivity contribution in [2.24, 2.45) is 0 Å². The Morgan fingerprint density at radius 2 is 1.68 bits per heavy atom. The summed E-state index contributed by atoms with van der Waals surface area (Å²) in [6, 6.07) is 21.0. The minimum atomic E-state index is -0.169. The van der Waals surface area contributed by atoms with Crippen molar-refractivity contribution in [3.05, 3.63) is 83.9 Å². The molecule has 0 aliphatic heterocycles. The molecule has 8 heteroatoms. The third-order valence-electron chi connectivity index (χ3n) is 5.45. The van der Waals surface area contributed by atoms with Crippen LogP contribution < -0.4 is 0 Å². The zero-order chi connectivity index (χ0) is 23.5. The van der Waals surface area contributed by atoms with Crippen LogP contribution in [-0.2, 0) is 6.54 Å². The fraction of sp³-hybridized carbons (Fsp3) is 0.192. The molecule has 0 radical (unpaired) electrons. The number of carbonyl (C=O) groups excluding carboxylic acids is 1. The van der Waals surface area contributed by atoms with Crippen molar-refractivity contribution < 1.29 is 13.7 Å². The van der Waals surface area contributed by atoms with Crippen molar-refractivity contribution >= 4 is 17.0 Å². The lowest BCUT2D eigenvalue weighted by Crippen LogP contribution is -2.31. The first-order valence-electron chi connectivity index (χ1n) is 11.1. The number of rotatable bonds is 7. The molecule has 34 heavy (non-hydrogen) atoms. The van der Waals surface area contributed by atoms with E-state index in [2.05, 4.69) is 20.3 Å². The van der Waals surface area contributed by atoms with Crippen LogP contribution in [0, 0.1) is 6.92 Å². The van der Waals surface area contributed by atoms with Gasteiger partial charge in [0.05, 0.1) is 17.5 Å². The van der Waals surface area contributed by atoms with Gasteiger partial charge in [0.15, 0.2) is 0 Å². The van der Waals surface area contributed by atoms with Gasteiger partial charge in [-0.1, -0.05) is 60.6 Å². The summed E-state index contributed by atoms with van der Waals surface area (Å²) in [6.07, 6.45) is 0.772. The average Bonchev–Trinajstić information content (AvgIpc) is 3.51. The smallest absolute Gasteiger partial charge is 0.259 e. The maximum atomic E-state index is 13.8. The first-order chi connectivity index (χ1) is 16.6. The summed E-state index contributed by atoms with van der Waals surface area (Å²) in [5, 5.41) is 13.1. The van der Waals surface area contributed by atoms with Crippen molar-refractivity contribution in [2.45, 2.75) is 26.8 Å². The van der Waals surface area contributed by atoms with Crippen molar-refractivity contribution in [1.82, 2.24) is 25.2 Å². The largest absolute Gasteiger partial charge is 0.419 e. The number of hydrogen-bond donors (Lipinski definition) is 0. The van der Waals surface area contributed by atoms with E-state index in [1.165, 1.54) is 0 Å².